The molecule has 1 aromatic heterocycles. The lowest BCUT2D eigenvalue weighted by Gasteiger charge is -2.20. The minimum atomic E-state index is -0.00549. The first-order chi connectivity index (χ1) is 9.09. The van der Waals surface area contributed by atoms with Crippen molar-refractivity contribution in [2.45, 2.75) is 19.3 Å². The fourth-order valence-electron chi connectivity index (χ4n) is 2.67. The van der Waals surface area contributed by atoms with Crippen LogP contribution < -0.4 is 4.90 Å². The van der Waals surface area contributed by atoms with E-state index in [9.17, 15) is 4.79 Å². The molecule has 2 aromatic rings. The van der Waals surface area contributed by atoms with Gasteiger partial charge in [-0.3, -0.25) is 9.78 Å². The highest BCUT2D eigenvalue weighted by Gasteiger charge is 2.37. The largest absolute Gasteiger partial charge is 0.307 e. The Morgan fingerprint density at radius 3 is 2.74 bits per heavy atom. The number of rotatable bonds is 1. The Kier molecular flexibility index (Phi) is 2.63. The first-order valence-electron chi connectivity index (χ1n) is 6.41. The number of nitrogens with zero attached hydrogens (tertiary/aromatic N) is 2. The monoisotopic (exact) mass is 252 g/mol. The molecule has 96 valence electrons. The summed E-state index contributed by atoms with van der Waals surface area (Å²) in [5, 5.41) is 0. The van der Waals surface area contributed by atoms with Gasteiger partial charge in [-0.05, 0) is 23.8 Å². The van der Waals surface area contributed by atoms with Crippen molar-refractivity contribution in [1.82, 2.24) is 4.98 Å². The lowest BCUT2D eigenvalue weighted by Crippen LogP contribution is -2.33. The maximum atomic E-state index is 12.6. The first kappa shape index (κ1) is 11.9. The van der Waals surface area contributed by atoms with Crippen LogP contribution in [0.1, 0.15) is 29.8 Å². The molecule has 1 aliphatic rings. The van der Waals surface area contributed by atoms with Gasteiger partial charge in [0.2, 0.25) is 0 Å². The van der Waals surface area contributed by atoms with Gasteiger partial charge in [0.25, 0.3) is 5.91 Å². The van der Waals surface area contributed by atoms with E-state index in [0.717, 1.165) is 5.69 Å². The van der Waals surface area contributed by atoms with Gasteiger partial charge in [-0.15, -0.1) is 0 Å². The Morgan fingerprint density at radius 1 is 1.21 bits per heavy atom. The first-order valence-corrected chi connectivity index (χ1v) is 6.41. The predicted octanol–water partition coefficient (Wildman–Crippen LogP) is 3.02. The molecule has 0 radical (unpaired) electrons. The second-order valence-corrected chi connectivity index (χ2v) is 5.53. The van der Waals surface area contributed by atoms with Gasteiger partial charge in [-0.25, -0.2) is 0 Å². The minimum Gasteiger partial charge on any atom is -0.307 e. The van der Waals surface area contributed by atoms with Gasteiger partial charge in [0.05, 0.1) is 5.56 Å². The third-order valence-corrected chi connectivity index (χ3v) is 3.63. The predicted molar refractivity (Wildman–Crippen MR) is 75.4 cm³/mol. The van der Waals surface area contributed by atoms with Gasteiger partial charge >= 0.3 is 0 Å². The number of para-hydroxylation sites is 1. The summed E-state index contributed by atoms with van der Waals surface area (Å²) in [7, 11) is 0. The van der Waals surface area contributed by atoms with Crippen molar-refractivity contribution in [3.8, 4) is 0 Å². The van der Waals surface area contributed by atoms with Crippen LogP contribution in [0.25, 0.3) is 0 Å². The maximum Gasteiger partial charge on any atom is 0.259 e. The van der Waals surface area contributed by atoms with Crippen molar-refractivity contribution in [2.75, 3.05) is 11.4 Å². The molecule has 0 aliphatic carbocycles. The van der Waals surface area contributed by atoms with E-state index in [1.807, 2.05) is 29.2 Å². The summed E-state index contributed by atoms with van der Waals surface area (Å²) in [5.74, 6) is 0.0196. The lowest BCUT2D eigenvalue weighted by atomic mass is 9.87. The fourth-order valence-corrected chi connectivity index (χ4v) is 2.67. The zero-order valence-corrected chi connectivity index (χ0v) is 11.1. The number of pyridine rings is 1. The molecule has 3 heteroatoms. The zero-order chi connectivity index (χ0) is 13.5. The van der Waals surface area contributed by atoms with Crippen molar-refractivity contribution < 1.29 is 4.79 Å². The van der Waals surface area contributed by atoms with E-state index in [2.05, 4.69) is 24.9 Å². The smallest absolute Gasteiger partial charge is 0.259 e. The number of hydrogen-bond acceptors (Lipinski definition) is 2. The molecule has 0 spiro atoms. The van der Waals surface area contributed by atoms with Crippen LogP contribution in [-0.4, -0.2) is 17.4 Å². The van der Waals surface area contributed by atoms with Gasteiger partial charge in [-0.1, -0.05) is 32.0 Å². The van der Waals surface area contributed by atoms with E-state index in [-0.39, 0.29) is 11.3 Å². The highest BCUT2D eigenvalue weighted by atomic mass is 16.2. The van der Waals surface area contributed by atoms with Gasteiger partial charge in [-0.2, -0.15) is 0 Å². The molecule has 3 rings (SSSR count). The summed E-state index contributed by atoms with van der Waals surface area (Å²) < 4.78 is 0. The topological polar surface area (TPSA) is 33.2 Å². The average molecular weight is 252 g/mol. The summed E-state index contributed by atoms with van der Waals surface area (Å²) >= 11 is 0. The maximum absolute atomic E-state index is 12.6. The Hall–Kier alpha value is -2.16. The highest BCUT2D eigenvalue weighted by Crippen LogP contribution is 2.40. The Balaban J connectivity index is 2.03. The zero-order valence-electron chi connectivity index (χ0n) is 11.1. The summed E-state index contributed by atoms with van der Waals surface area (Å²) in [6.45, 7) is 5.05. The van der Waals surface area contributed by atoms with E-state index in [1.165, 1.54) is 5.56 Å². The van der Waals surface area contributed by atoms with Gasteiger partial charge in [0.15, 0.2) is 0 Å². The Morgan fingerprint density at radius 2 is 2.00 bits per heavy atom. The molecule has 0 saturated heterocycles. The molecule has 1 aliphatic heterocycles. The number of benzene rings is 1. The normalized spacial score (nSPS) is 16.2. The fraction of sp³-hybridized carbons (Fsp3) is 0.250. The van der Waals surface area contributed by atoms with Crippen molar-refractivity contribution >= 4 is 11.6 Å². The SMILES string of the molecule is CC1(C)CN(C(=O)c2cccnc2)c2ccccc21. The molecule has 2 heterocycles. The average Bonchev–Trinajstić information content (AvgIpc) is 2.72. The van der Waals surface area contributed by atoms with Gasteiger partial charge < -0.3 is 4.90 Å². The molecule has 1 amide bonds. The van der Waals surface area contributed by atoms with Crippen molar-refractivity contribution in [2.24, 2.45) is 0 Å². The van der Waals surface area contributed by atoms with Crippen LogP contribution >= 0.6 is 0 Å². The van der Waals surface area contributed by atoms with Crippen LogP contribution in [0, 0.1) is 0 Å². The van der Waals surface area contributed by atoms with Gasteiger partial charge in [0, 0.05) is 30.0 Å². The summed E-state index contributed by atoms with van der Waals surface area (Å²) in [6, 6.07) is 11.7. The van der Waals surface area contributed by atoms with E-state index >= 15 is 0 Å². The summed E-state index contributed by atoms with van der Waals surface area (Å²) in [4.78, 5) is 18.5. The number of carbonyl (C=O) groups excluding carboxylic acids is 1. The second-order valence-electron chi connectivity index (χ2n) is 5.53. The van der Waals surface area contributed by atoms with Crippen LogP contribution in [0.15, 0.2) is 48.8 Å². The Bertz CT molecular complexity index is 620. The molecule has 3 nitrogen and oxygen atoms in total. The molecule has 19 heavy (non-hydrogen) atoms. The molecule has 0 saturated carbocycles. The van der Waals surface area contributed by atoms with Crippen LogP contribution in [0.2, 0.25) is 0 Å². The molecular formula is C16H16N2O. The van der Waals surface area contributed by atoms with Crippen molar-refractivity contribution in [3.05, 3.63) is 59.9 Å². The van der Waals surface area contributed by atoms with Crippen molar-refractivity contribution in [1.29, 1.82) is 0 Å². The van der Waals surface area contributed by atoms with E-state index in [4.69, 9.17) is 0 Å². The Labute approximate surface area is 112 Å². The highest BCUT2D eigenvalue weighted by molar-refractivity contribution is 6.07. The third-order valence-electron chi connectivity index (χ3n) is 3.63. The van der Waals surface area contributed by atoms with Gasteiger partial charge in [0.1, 0.15) is 0 Å². The molecule has 0 fully saturated rings. The van der Waals surface area contributed by atoms with Crippen molar-refractivity contribution in [3.63, 3.8) is 0 Å². The second kappa shape index (κ2) is 4.19. The molecule has 0 unspecified atom stereocenters. The van der Waals surface area contributed by atoms with Crippen LogP contribution in [0.5, 0.6) is 0 Å². The molecular weight excluding hydrogens is 236 g/mol. The van der Waals surface area contributed by atoms with E-state index in [1.54, 1.807) is 18.5 Å². The van der Waals surface area contributed by atoms with Crippen LogP contribution in [0.4, 0.5) is 5.69 Å². The third kappa shape index (κ3) is 1.91. The number of hydrogen-bond donors (Lipinski definition) is 0. The number of anilines is 1. The number of fused-ring (bicyclic) bond motifs is 1. The molecule has 0 bridgehead atoms. The molecule has 0 N–H and O–H groups in total. The number of amides is 1. The van der Waals surface area contributed by atoms with Crippen LogP contribution in [0.3, 0.4) is 0 Å². The summed E-state index contributed by atoms with van der Waals surface area (Å²) in [6.07, 6.45) is 3.30. The number of carbonyl (C=O) groups is 1. The number of aromatic nitrogens is 1. The lowest BCUT2D eigenvalue weighted by molar-refractivity contribution is 0.0985. The summed E-state index contributed by atoms with van der Waals surface area (Å²) in [5.41, 5.74) is 2.87. The van der Waals surface area contributed by atoms with Crippen LogP contribution in [-0.2, 0) is 5.41 Å². The van der Waals surface area contributed by atoms with E-state index < -0.39 is 0 Å². The minimum absolute atomic E-state index is 0.00549. The molecule has 0 atom stereocenters. The standard InChI is InChI=1S/C16H16N2O/c1-16(2)11-18(14-8-4-3-7-13(14)16)15(19)12-6-5-9-17-10-12/h3-10H,11H2,1-2H3. The van der Waals surface area contributed by atoms with E-state index in [0.29, 0.717) is 12.1 Å². The molecule has 1 aromatic carbocycles. The quantitative estimate of drug-likeness (QED) is 0.781.